The van der Waals surface area contributed by atoms with Crippen LogP contribution in [0.15, 0.2) is 42.6 Å². The number of fused-ring (bicyclic) bond motifs is 1. The molecule has 1 N–H and O–H groups in total. The van der Waals surface area contributed by atoms with Crippen LogP contribution in [0.25, 0.3) is 16.9 Å². The van der Waals surface area contributed by atoms with Gasteiger partial charge in [-0.05, 0) is 75.6 Å². The lowest BCUT2D eigenvalue weighted by Gasteiger charge is -2.09. The fourth-order valence-corrected chi connectivity index (χ4v) is 4.69. The Morgan fingerprint density at radius 1 is 1.06 bits per heavy atom. The second kappa shape index (κ2) is 9.19. The van der Waals surface area contributed by atoms with E-state index in [1.165, 1.54) is 22.5 Å². The molecular weight excluding hydrogens is 434 g/mol. The number of carbonyl (C=O) groups excluding carboxylic acids is 2. The molecule has 6 nitrogen and oxygen atoms in total. The molecule has 3 aromatic heterocycles. The van der Waals surface area contributed by atoms with E-state index in [-0.39, 0.29) is 18.9 Å². The Morgan fingerprint density at radius 3 is 2.58 bits per heavy atom. The molecule has 0 aliphatic rings. The zero-order valence-electron chi connectivity index (χ0n) is 19.5. The number of anilines is 1. The Balaban J connectivity index is 1.71. The van der Waals surface area contributed by atoms with Gasteiger partial charge in [0.25, 0.3) is 0 Å². The molecule has 0 bridgehead atoms. The summed E-state index contributed by atoms with van der Waals surface area (Å²) in [7, 11) is 0. The number of hydrogen-bond acceptors (Lipinski definition) is 5. The maximum absolute atomic E-state index is 13.1. The lowest BCUT2D eigenvalue weighted by molar-refractivity contribution is -0.115. The predicted octanol–water partition coefficient (Wildman–Crippen LogP) is 5.65. The van der Waals surface area contributed by atoms with Crippen LogP contribution in [0.1, 0.15) is 44.5 Å². The van der Waals surface area contributed by atoms with Gasteiger partial charge in [-0.1, -0.05) is 12.1 Å². The lowest BCUT2D eigenvalue weighted by atomic mass is 10.0. The lowest BCUT2D eigenvalue weighted by Crippen LogP contribution is -2.17. The van der Waals surface area contributed by atoms with Gasteiger partial charge in [-0.2, -0.15) is 0 Å². The Hall–Kier alpha value is -3.45. The zero-order chi connectivity index (χ0) is 23.7. The number of pyridine rings is 1. The molecule has 0 atom stereocenters. The number of nitrogens with one attached hydrogen (secondary N) is 1. The van der Waals surface area contributed by atoms with Gasteiger partial charge in [-0.3, -0.25) is 4.79 Å². The summed E-state index contributed by atoms with van der Waals surface area (Å²) in [5.41, 5.74) is 7.22. The van der Waals surface area contributed by atoms with Crippen molar-refractivity contribution in [2.75, 3.05) is 11.9 Å². The number of hydrogen-bond donors (Lipinski definition) is 1. The van der Waals surface area contributed by atoms with Crippen LogP contribution in [0.2, 0.25) is 0 Å². The molecule has 1 amide bonds. The van der Waals surface area contributed by atoms with Gasteiger partial charge in [-0.25, -0.2) is 9.78 Å². The molecule has 0 unspecified atom stereocenters. The monoisotopic (exact) mass is 461 g/mol. The highest BCUT2D eigenvalue weighted by Gasteiger charge is 2.21. The van der Waals surface area contributed by atoms with Crippen LogP contribution in [0.5, 0.6) is 0 Å². The number of carbonyl (C=O) groups is 2. The Labute approximate surface area is 197 Å². The number of ether oxygens (including phenoxy) is 1. The van der Waals surface area contributed by atoms with E-state index in [9.17, 15) is 9.59 Å². The number of esters is 1. The van der Waals surface area contributed by atoms with Crippen LogP contribution < -0.4 is 5.32 Å². The van der Waals surface area contributed by atoms with Crippen LogP contribution in [-0.4, -0.2) is 27.9 Å². The van der Waals surface area contributed by atoms with Crippen molar-refractivity contribution in [2.24, 2.45) is 0 Å². The third-order valence-corrected chi connectivity index (χ3v) is 6.56. The highest BCUT2D eigenvalue weighted by molar-refractivity contribution is 7.16. The van der Waals surface area contributed by atoms with E-state index in [0.29, 0.717) is 10.6 Å². The number of aryl methyl sites for hydroxylation is 4. The van der Waals surface area contributed by atoms with Crippen molar-refractivity contribution in [1.29, 1.82) is 0 Å². The molecule has 0 spiro atoms. The topological polar surface area (TPSA) is 72.7 Å². The highest BCUT2D eigenvalue weighted by Crippen LogP contribution is 2.30. The van der Waals surface area contributed by atoms with Crippen molar-refractivity contribution in [3.8, 4) is 11.3 Å². The van der Waals surface area contributed by atoms with Gasteiger partial charge in [0.1, 0.15) is 10.6 Å². The number of aromatic nitrogens is 2. The van der Waals surface area contributed by atoms with E-state index in [0.717, 1.165) is 33.0 Å². The van der Waals surface area contributed by atoms with Gasteiger partial charge in [0, 0.05) is 16.6 Å². The standard InChI is InChI=1S/C26H27N3O3S/c1-6-32-26(31)20-13-18(5)33-25(20)28-23(30)14-21-24(19-8-7-16(3)17(4)12-19)27-22-11-15(2)9-10-29(21)22/h7-13H,6,14H2,1-5H3,(H,28,30). The second-order valence-corrected chi connectivity index (χ2v) is 9.44. The van der Waals surface area contributed by atoms with Crippen molar-refractivity contribution >= 4 is 33.9 Å². The molecule has 0 saturated carbocycles. The van der Waals surface area contributed by atoms with Crippen molar-refractivity contribution in [1.82, 2.24) is 9.38 Å². The third kappa shape index (κ3) is 4.68. The number of thiophene rings is 1. The van der Waals surface area contributed by atoms with Crippen LogP contribution in [0.4, 0.5) is 5.00 Å². The minimum Gasteiger partial charge on any atom is -0.462 e. The predicted molar refractivity (Wildman–Crippen MR) is 132 cm³/mol. The fourth-order valence-electron chi connectivity index (χ4n) is 3.78. The van der Waals surface area contributed by atoms with Crippen LogP contribution >= 0.6 is 11.3 Å². The number of imidazole rings is 1. The van der Waals surface area contributed by atoms with Crippen LogP contribution in [-0.2, 0) is 16.0 Å². The Kier molecular flexibility index (Phi) is 6.33. The van der Waals surface area contributed by atoms with E-state index in [4.69, 9.17) is 9.72 Å². The minimum absolute atomic E-state index is 0.117. The maximum atomic E-state index is 13.1. The summed E-state index contributed by atoms with van der Waals surface area (Å²) in [6, 6.07) is 12.0. The zero-order valence-corrected chi connectivity index (χ0v) is 20.3. The normalized spacial score (nSPS) is 11.1. The van der Waals surface area contributed by atoms with Gasteiger partial charge in [0.15, 0.2) is 0 Å². The first-order valence-corrected chi connectivity index (χ1v) is 11.7. The van der Waals surface area contributed by atoms with Gasteiger partial charge in [-0.15, -0.1) is 11.3 Å². The van der Waals surface area contributed by atoms with Crippen molar-refractivity contribution in [3.05, 3.63) is 75.4 Å². The summed E-state index contributed by atoms with van der Waals surface area (Å²) in [6.07, 6.45) is 2.07. The number of rotatable bonds is 6. The molecule has 0 aliphatic heterocycles. The fraction of sp³-hybridized carbons (Fsp3) is 0.269. The van der Waals surface area contributed by atoms with Gasteiger partial charge in [0.05, 0.1) is 30.0 Å². The summed E-state index contributed by atoms with van der Waals surface area (Å²) in [6.45, 7) is 10.1. The summed E-state index contributed by atoms with van der Waals surface area (Å²) in [4.78, 5) is 31.2. The first-order chi connectivity index (χ1) is 15.8. The van der Waals surface area contributed by atoms with Gasteiger partial charge in [0.2, 0.25) is 5.91 Å². The third-order valence-electron chi connectivity index (χ3n) is 5.59. The Bertz CT molecular complexity index is 1370. The van der Waals surface area contributed by atoms with Gasteiger partial charge < -0.3 is 14.5 Å². The summed E-state index contributed by atoms with van der Waals surface area (Å²) in [5.74, 6) is -0.645. The molecule has 3 heterocycles. The number of benzene rings is 1. The molecule has 33 heavy (non-hydrogen) atoms. The maximum Gasteiger partial charge on any atom is 0.341 e. The molecule has 1 aromatic carbocycles. The molecule has 4 rings (SSSR count). The SMILES string of the molecule is CCOC(=O)c1cc(C)sc1NC(=O)Cc1c(-c2ccc(C)c(C)c2)nc2cc(C)ccn12. The summed E-state index contributed by atoms with van der Waals surface area (Å²) < 4.78 is 7.10. The van der Waals surface area contributed by atoms with Crippen molar-refractivity contribution < 1.29 is 14.3 Å². The average molecular weight is 462 g/mol. The van der Waals surface area contributed by atoms with Crippen molar-refractivity contribution in [2.45, 2.75) is 41.0 Å². The van der Waals surface area contributed by atoms with E-state index < -0.39 is 5.97 Å². The molecule has 0 saturated heterocycles. The first kappa shape index (κ1) is 22.7. The van der Waals surface area contributed by atoms with E-state index in [1.807, 2.05) is 42.6 Å². The summed E-state index contributed by atoms with van der Waals surface area (Å²) in [5, 5.41) is 3.43. The van der Waals surface area contributed by atoms with Crippen LogP contribution in [0, 0.1) is 27.7 Å². The van der Waals surface area contributed by atoms with Gasteiger partial charge >= 0.3 is 5.97 Å². The number of amides is 1. The quantitative estimate of drug-likeness (QED) is 0.376. The van der Waals surface area contributed by atoms with E-state index in [1.54, 1.807) is 13.0 Å². The molecule has 7 heteroatoms. The smallest absolute Gasteiger partial charge is 0.341 e. The highest BCUT2D eigenvalue weighted by atomic mass is 32.1. The first-order valence-electron chi connectivity index (χ1n) is 10.9. The molecule has 170 valence electrons. The van der Waals surface area contributed by atoms with E-state index >= 15 is 0 Å². The average Bonchev–Trinajstić information content (AvgIpc) is 3.30. The number of nitrogens with zero attached hydrogens (tertiary/aromatic N) is 2. The molecule has 4 aromatic rings. The van der Waals surface area contributed by atoms with Crippen LogP contribution in [0.3, 0.4) is 0 Å². The Morgan fingerprint density at radius 2 is 1.85 bits per heavy atom. The molecule has 0 fully saturated rings. The molecule has 0 aliphatic carbocycles. The minimum atomic E-state index is -0.432. The summed E-state index contributed by atoms with van der Waals surface area (Å²) >= 11 is 1.36. The molecule has 0 radical (unpaired) electrons. The molecular formula is C26H27N3O3S. The largest absolute Gasteiger partial charge is 0.462 e. The second-order valence-electron chi connectivity index (χ2n) is 8.18. The van der Waals surface area contributed by atoms with E-state index in [2.05, 4.69) is 31.3 Å². The van der Waals surface area contributed by atoms with Crippen molar-refractivity contribution in [3.63, 3.8) is 0 Å².